The maximum atomic E-state index is 10.4. The molecular formula is C21H42O2. The third-order valence-corrected chi connectivity index (χ3v) is 5.09. The fourth-order valence-corrected chi connectivity index (χ4v) is 3.37. The van der Waals surface area contributed by atoms with Crippen LogP contribution >= 0.6 is 0 Å². The lowest BCUT2D eigenvalue weighted by Gasteiger charge is -2.20. The van der Waals surface area contributed by atoms with Crippen LogP contribution in [-0.2, 0) is 4.79 Å². The van der Waals surface area contributed by atoms with E-state index in [0.29, 0.717) is 6.42 Å². The molecule has 0 saturated carbocycles. The Morgan fingerprint density at radius 2 is 1.17 bits per heavy atom. The molecule has 0 radical (unpaired) electrons. The van der Waals surface area contributed by atoms with Crippen LogP contribution in [0.2, 0.25) is 0 Å². The van der Waals surface area contributed by atoms with Crippen LogP contribution in [-0.4, -0.2) is 11.1 Å². The first kappa shape index (κ1) is 22.5. The molecule has 0 rings (SSSR count). The van der Waals surface area contributed by atoms with Crippen molar-refractivity contribution in [3.8, 4) is 0 Å². The lowest BCUT2D eigenvalue weighted by Crippen LogP contribution is -2.08. The van der Waals surface area contributed by atoms with Crippen LogP contribution in [0.5, 0.6) is 0 Å². The topological polar surface area (TPSA) is 37.3 Å². The normalized spacial score (nSPS) is 12.7. The van der Waals surface area contributed by atoms with E-state index in [0.717, 1.165) is 24.7 Å². The van der Waals surface area contributed by atoms with Crippen molar-refractivity contribution in [2.75, 3.05) is 0 Å². The van der Waals surface area contributed by atoms with E-state index in [-0.39, 0.29) is 0 Å². The second kappa shape index (κ2) is 16.3. The quantitative estimate of drug-likeness (QED) is 0.287. The van der Waals surface area contributed by atoms with Gasteiger partial charge in [0.15, 0.2) is 0 Å². The van der Waals surface area contributed by atoms with Gasteiger partial charge in [-0.25, -0.2) is 0 Å². The van der Waals surface area contributed by atoms with Gasteiger partial charge in [0.05, 0.1) is 0 Å². The molecule has 2 nitrogen and oxygen atoms in total. The van der Waals surface area contributed by atoms with E-state index < -0.39 is 5.97 Å². The summed E-state index contributed by atoms with van der Waals surface area (Å²) in [4.78, 5) is 10.4. The first-order chi connectivity index (χ1) is 11.1. The number of hydrogen-bond acceptors (Lipinski definition) is 1. The van der Waals surface area contributed by atoms with E-state index in [1.165, 1.54) is 77.0 Å². The Morgan fingerprint density at radius 3 is 1.61 bits per heavy atom. The van der Waals surface area contributed by atoms with Crippen LogP contribution in [0.4, 0.5) is 0 Å². The minimum atomic E-state index is -0.653. The Hall–Kier alpha value is -0.530. The first-order valence-corrected chi connectivity index (χ1v) is 10.3. The van der Waals surface area contributed by atoms with Gasteiger partial charge in [0.1, 0.15) is 0 Å². The number of aliphatic carboxylic acids is 1. The van der Waals surface area contributed by atoms with Crippen molar-refractivity contribution in [2.45, 2.75) is 117 Å². The second-order valence-corrected chi connectivity index (χ2v) is 7.61. The number of carboxylic acids is 1. The molecule has 0 aliphatic heterocycles. The van der Waals surface area contributed by atoms with Gasteiger partial charge >= 0.3 is 5.97 Å². The van der Waals surface area contributed by atoms with Crippen LogP contribution in [0.15, 0.2) is 0 Å². The molecule has 0 amide bonds. The Bertz CT molecular complexity index is 261. The fraction of sp³-hybridized carbons (Fsp3) is 0.952. The summed E-state index contributed by atoms with van der Waals surface area (Å²) in [5.41, 5.74) is 0. The van der Waals surface area contributed by atoms with Gasteiger partial charge in [0.2, 0.25) is 0 Å². The van der Waals surface area contributed by atoms with E-state index >= 15 is 0 Å². The van der Waals surface area contributed by atoms with Crippen molar-refractivity contribution in [3.63, 3.8) is 0 Å². The fourth-order valence-electron chi connectivity index (χ4n) is 3.37. The molecule has 2 heteroatoms. The second-order valence-electron chi connectivity index (χ2n) is 7.61. The zero-order valence-corrected chi connectivity index (χ0v) is 16.1. The van der Waals surface area contributed by atoms with Gasteiger partial charge in [0, 0.05) is 6.42 Å². The van der Waals surface area contributed by atoms with Gasteiger partial charge in [-0.15, -0.1) is 0 Å². The lowest BCUT2D eigenvalue weighted by molar-refractivity contribution is -0.137. The summed E-state index contributed by atoms with van der Waals surface area (Å²) in [6, 6.07) is 0. The molecule has 0 aromatic rings. The molecule has 1 N–H and O–H groups in total. The molecule has 1 atom stereocenters. The van der Waals surface area contributed by atoms with E-state index in [1.54, 1.807) is 0 Å². The predicted molar refractivity (Wildman–Crippen MR) is 101 cm³/mol. The number of carbonyl (C=O) groups is 1. The molecule has 0 aliphatic rings. The van der Waals surface area contributed by atoms with Crippen molar-refractivity contribution >= 4 is 5.97 Å². The molecule has 0 bridgehead atoms. The SMILES string of the molecule is CCCCC(CCCCCCCCCCCCC(=O)O)C(C)C. The maximum Gasteiger partial charge on any atom is 0.303 e. The summed E-state index contributed by atoms with van der Waals surface area (Å²) in [7, 11) is 0. The summed E-state index contributed by atoms with van der Waals surface area (Å²) < 4.78 is 0. The summed E-state index contributed by atoms with van der Waals surface area (Å²) in [6.45, 7) is 7.07. The highest BCUT2D eigenvalue weighted by molar-refractivity contribution is 5.66. The third-order valence-electron chi connectivity index (χ3n) is 5.09. The molecule has 23 heavy (non-hydrogen) atoms. The van der Waals surface area contributed by atoms with Gasteiger partial charge in [-0.2, -0.15) is 0 Å². The van der Waals surface area contributed by atoms with Crippen LogP contribution < -0.4 is 0 Å². The minimum absolute atomic E-state index is 0.343. The Balaban J connectivity index is 3.30. The third kappa shape index (κ3) is 16.1. The summed E-state index contributed by atoms with van der Waals surface area (Å²) in [5.74, 6) is 1.14. The molecule has 0 heterocycles. The molecule has 1 unspecified atom stereocenters. The smallest absolute Gasteiger partial charge is 0.303 e. The van der Waals surface area contributed by atoms with Crippen molar-refractivity contribution in [2.24, 2.45) is 11.8 Å². The van der Waals surface area contributed by atoms with Crippen LogP contribution in [0.3, 0.4) is 0 Å². The summed E-state index contributed by atoms with van der Waals surface area (Å²) >= 11 is 0. The van der Waals surface area contributed by atoms with Crippen molar-refractivity contribution < 1.29 is 9.90 Å². The van der Waals surface area contributed by atoms with E-state index in [4.69, 9.17) is 5.11 Å². The number of unbranched alkanes of at least 4 members (excludes halogenated alkanes) is 10. The number of rotatable bonds is 17. The molecular weight excluding hydrogens is 284 g/mol. The zero-order valence-electron chi connectivity index (χ0n) is 16.1. The minimum Gasteiger partial charge on any atom is -0.481 e. The van der Waals surface area contributed by atoms with Crippen molar-refractivity contribution in [1.82, 2.24) is 0 Å². The highest BCUT2D eigenvalue weighted by Crippen LogP contribution is 2.24. The van der Waals surface area contributed by atoms with Gasteiger partial charge < -0.3 is 5.11 Å². The Labute approximate surface area is 145 Å². The molecule has 0 fully saturated rings. The Kier molecular flexibility index (Phi) is 16.0. The van der Waals surface area contributed by atoms with Crippen LogP contribution in [0.1, 0.15) is 117 Å². The predicted octanol–water partition coefficient (Wildman–Crippen LogP) is 7.21. The van der Waals surface area contributed by atoms with E-state index in [2.05, 4.69) is 20.8 Å². The highest BCUT2D eigenvalue weighted by atomic mass is 16.4. The molecule has 0 spiro atoms. The van der Waals surface area contributed by atoms with Crippen LogP contribution in [0.25, 0.3) is 0 Å². The monoisotopic (exact) mass is 326 g/mol. The van der Waals surface area contributed by atoms with E-state index in [1.807, 2.05) is 0 Å². The van der Waals surface area contributed by atoms with Crippen molar-refractivity contribution in [1.29, 1.82) is 0 Å². The maximum absolute atomic E-state index is 10.4. The van der Waals surface area contributed by atoms with Gasteiger partial charge in [-0.05, 0) is 18.3 Å². The van der Waals surface area contributed by atoms with E-state index in [9.17, 15) is 4.79 Å². The standard InChI is InChI=1S/C21H42O2/c1-4-5-16-20(19(2)3)17-14-12-10-8-6-7-9-11-13-15-18-21(22)23/h19-20H,4-18H2,1-3H3,(H,22,23). The van der Waals surface area contributed by atoms with Crippen LogP contribution in [0, 0.1) is 11.8 Å². The molecule has 0 saturated heterocycles. The first-order valence-electron chi connectivity index (χ1n) is 10.3. The zero-order chi connectivity index (χ0) is 17.3. The summed E-state index contributed by atoms with van der Waals surface area (Å²) in [6.07, 6.45) is 18.7. The number of carboxylic acid groups (broad SMARTS) is 1. The average Bonchev–Trinajstić information content (AvgIpc) is 2.50. The van der Waals surface area contributed by atoms with Gasteiger partial charge in [-0.3, -0.25) is 4.79 Å². The highest BCUT2D eigenvalue weighted by Gasteiger charge is 2.11. The molecule has 138 valence electrons. The molecule has 0 aromatic carbocycles. The van der Waals surface area contributed by atoms with Crippen molar-refractivity contribution in [3.05, 3.63) is 0 Å². The summed E-state index contributed by atoms with van der Waals surface area (Å²) in [5, 5.41) is 8.56. The van der Waals surface area contributed by atoms with Gasteiger partial charge in [0.25, 0.3) is 0 Å². The lowest BCUT2D eigenvalue weighted by atomic mass is 9.86. The average molecular weight is 327 g/mol. The Morgan fingerprint density at radius 1 is 0.739 bits per heavy atom. The van der Waals surface area contributed by atoms with Gasteiger partial charge in [-0.1, -0.05) is 104 Å². The number of hydrogen-bond donors (Lipinski definition) is 1. The molecule has 0 aliphatic carbocycles. The largest absolute Gasteiger partial charge is 0.481 e. The molecule has 0 aromatic heterocycles.